The lowest BCUT2D eigenvalue weighted by Crippen LogP contribution is -2.60. The van der Waals surface area contributed by atoms with Crippen LogP contribution in [0, 0.1) is 11.6 Å². The van der Waals surface area contributed by atoms with Crippen LogP contribution in [0.15, 0.2) is 18.2 Å². The Kier molecular flexibility index (Phi) is 3.28. The monoisotopic (exact) mass is 269 g/mol. The molecule has 0 amide bonds. The fourth-order valence-corrected chi connectivity index (χ4v) is 3.20. The second-order valence-electron chi connectivity index (χ2n) is 5.64. The van der Waals surface area contributed by atoms with E-state index in [9.17, 15) is 13.9 Å². The summed E-state index contributed by atoms with van der Waals surface area (Å²) in [5, 5.41) is 14.0. The summed E-state index contributed by atoms with van der Waals surface area (Å²) in [7, 11) is 0. The maximum atomic E-state index is 13.7. The molecule has 0 aromatic heterocycles. The molecule has 2 saturated heterocycles. The molecule has 0 aliphatic carbocycles. The molecule has 104 valence electrons. The van der Waals surface area contributed by atoms with E-state index in [0.717, 1.165) is 12.1 Å². The van der Waals surface area contributed by atoms with Gasteiger partial charge in [0.15, 0.2) is 0 Å². The number of morpholine rings is 1. The number of ether oxygens (including phenoxy) is 1. The molecule has 3 nitrogen and oxygen atoms in total. The van der Waals surface area contributed by atoms with E-state index < -0.39 is 17.2 Å². The van der Waals surface area contributed by atoms with Crippen molar-refractivity contribution >= 4 is 0 Å². The number of nitrogens with one attached hydrogen (secondary N) is 1. The lowest BCUT2D eigenvalue weighted by molar-refractivity contribution is -0.0758. The van der Waals surface area contributed by atoms with Gasteiger partial charge in [-0.3, -0.25) is 0 Å². The molecule has 2 fully saturated rings. The average Bonchev–Trinajstić information content (AvgIpc) is 2.33. The fourth-order valence-electron chi connectivity index (χ4n) is 3.20. The first-order valence-electron chi connectivity index (χ1n) is 6.54. The van der Waals surface area contributed by atoms with Crippen LogP contribution < -0.4 is 5.32 Å². The fraction of sp³-hybridized carbons (Fsp3) is 0.571. The minimum atomic E-state index is -0.987. The van der Waals surface area contributed by atoms with E-state index in [2.05, 4.69) is 5.32 Å². The lowest BCUT2D eigenvalue weighted by Gasteiger charge is -2.45. The van der Waals surface area contributed by atoms with Crippen molar-refractivity contribution in [1.29, 1.82) is 0 Å². The third kappa shape index (κ3) is 2.78. The second kappa shape index (κ2) is 4.81. The first-order valence-corrected chi connectivity index (χ1v) is 6.54. The highest BCUT2D eigenvalue weighted by molar-refractivity contribution is 5.21. The van der Waals surface area contributed by atoms with Crippen LogP contribution in [0.3, 0.4) is 0 Å². The number of fused-ring (bicyclic) bond motifs is 2. The van der Waals surface area contributed by atoms with Crippen LogP contribution in [0.1, 0.15) is 18.4 Å². The topological polar surface area (TPSA) is 41.5 Å². The van der Waals surface area contributed by atoms with E-state index in [1.54, 1.807) is 0 Å². The third-order valence-corrected chi connectivity index (χ3v) is 3.89. The van der Waals surface area contributed by atoms with Crippen LogP contribution in [-0.4, -0.2) is 36.0 Å². The Morgan fingerprint density at radius 3 is 2.63 bits per heavy atom. The molecular formula is C14H17F2NO2. The summed E-state index contributed by atoms with van der Waals surface area (Å²) >= 11 is 0. The number of piperidine rings is 1. The van der Waals surface area contributed by atoms with Crippen molar-refractivity contribution in [3.05, 3.63) is 35.4 Å². The molecule has 2 unspecified atom stereocenters. The Labute approximate surface area is 110 Å². The van der Waals surface area contributed by atoms with E-state index in [1.165, 1.54) is 6.07 Å². The van der Waals surface area contributed by atoms with Crippen LogP contribution >= 0.6 is 0 Å². The van der Waals surface area contributed by atoms with E-state index in [4.69, 9.17) is 4.74 Å². The van der Waals surface area contributed by atoms with Gasteiger partial charge in [-0.1, -0.05) is 0 Å². The largest absolute Gasteiger partial charge is 0.389 e. The molecule has 3 rings (SSSR count). The van der Waals surface area contributed by atoms with Gasteiger partial charge in [-0.25, -0.2) is 8.78 Å². The Morgan fingerprint density at radius 1 is 1.26 bits per heavy atom. The van der Waals surface area contributed by atoms with Gasteiger partial charge in [-0.15, -0.1) is 0 Å². The maximum Gasteiger partial charge on any atom is 0.126 e. The molecule has 2 heterocycles. The Hall–Kier alpha value is -1.04. The number of hydrogen-bond donors (Lipinski definition) is 2. The minimum absolute atomic E-state index is 0.0918. The van der Waals surface area contributed by atoms with Gasteiger partial charge in [0.2, 0.25) is 0 Å². The van der Waals surface area contributed by atoms with Gasteiger partial charge in [0.05, 0.1) is 18.8 Å². The highest BCUT2D eigenvalue weighted by atomic mass is 19.1. The Morgan fingerprint density at radius 2 is 1.95 bits per heavy atom. The summed E-state index contributed by atoms with van der Waals surface area (Å²) in [6.07, 6.45) is 1.14. The standard InChI is InChI=1S/C14H17F2NO2/c15-10-1-2-13(16)9(3-10)4-14(18)5-11-7-19-8-12(6-14)17-11/h1-3,11-12,17-18H,4-8H2. The van der Waals surface area contributed by atoms with Gasteiger partial charge in [0.1, 0.15) is 11.6 Å². The summed E-state index contributed by atoms with van der Waals surface area (Å²) in [6, 6.07) is 3.55. The molecule has 2 aliphatic heterocycles. The molecule has 2 bridgehead atoms. The van der Waals surface area contributed by atoms with Crippen LogP contribution in [0.5, 0.6) is 0 Å². The predicted molar refractivity (Wildman–Crippen MR) is 65.8 cm³/mol. The molecular weight excluding hydrogens is 252 g/mol. The molecule has 2 N–H and O–H groups in total. The normalized spacial score (nSPS) is 34.3. The number of halogens is 2. The quantitative estimate of drug-likeness (QED) is 0.852. The van der Waals surface area contributed by atoms with Crippen LogP contribution in [0.2, 0.25) is 0 Å². The van der Waals surface area contributed by atoms with Gasteiger partial charge in [-0.2, -0.15) is 0 Å². The van der Waals surface area contributed by atoms with Crippen LogP contribution in [-0.2, 0) is 11.2 Å². The minimum Gasteiger partial charge on any atom is -0.389 e. The highest BCUT2D eigenvalue weighted by Crippen LogP contribution is 2.31. The molecule has 1 aromatic carbocycles. The van der Waals surface area contributed by atoms with Crippen molar-refractivity contribution in [2.24, 2.45) is 0 Å². The summed E-state index contributed by atoms with van der Waals surface area (Å²) in [4.78, 5) is 0. The summed E-state index contributed by atoms with van der Waals surface area (Å²) in [5.41, 5.74) is -0.748. The number of benzene rings is 1. The molecule has 2 aliphatic rings. The van der Waals surface area contributed by atoms with Crippen molar-refractivity contribution in [3.8, 4) is 0 Å². The van der Waals surface area contributed by atoms with Gasteiger partial charge < -0.3 is 15.2 Å². The molecule has 1 aromatic rings. The zero-order chi connectivity index (χ0) is 13.5. The van der Waals surface area contributed by atoms with Crippen molar-refractivity contribution < 1.29 is 18.6 Å². The van der Waals surface area contributed by atoms with E-state index >= 15 is 0 Å². The van der Waals surface area contributed by atoms with Crippen molar-refractivity contribution in [2.75, 3.05) is 13.2 Å². The van der Waals surface area contributed by atoms with Gasteiger partial charge in [-0.05, 0) is 36.6 Å². The van der Waals surface area contributed by atoms with Crippen LogP contribution in [0.25, 0.3) is 0 Å². The van der Waals surface area contributed by atoms with E-state index in [-0.39, 0.29) is 24.1 Å². The first kappa shape index (κ1) is 13.0. The summed E-state index contributed by atoms with van der Waals surface area (Å²) in [6.45, 7) is 1.12. The van der Waals surface area contributed by atoms with Gasteiger partial charge in [0.25, 0.3) is 0 Å². The second-order valence-corrected chi connectivity index (χ2v) is 5.64. The molecule has 19 heavy (non-hydrogen) atoms. The molecule has 5 heteroatoms. The maximum absolute atomic E-state index is 13.7. The van der Waals surface area contributed by atoms with Gasteiger partial charge in [0, 0.05) is 18.5 Å². The summed E-state index contributed by atoms with van der Waals surface area (Å²) < 4.78 is 32.3. The zero-order valence-corrected chi connectivity index (χ0v) is 10.5. The SMILES string of the molecule is OC1(Cc2cc(F)ccc2F)CC2COCC(C1)N2. The predicted octanol–water partition coefficient (Wildman–Crippen LogP) is 1.39. The Balaban J connectivity index is 1.79. The van der Waals surface area contributed by atoms with Crippen molar-refractivity contribution in [3.63, 3.8) is 0 Å². The van der Waals surface area contributed by atoms with Crippen molar-refractivity contribution in [2.45, 2.75) is 36.9 Å². The number of aliphatic hydroxyl groups is 1. The molecule has 0 radical (unpaired) electrons. The van der Waals surface area contributed by atoms with Crippen LogP contribution in [0.4, 0.5) is 8.78 Å². The summed E-state index contributed by atoms with van der Waals surface area (Å²) in [5.74, 6) is -0.938. The van der Waals surface area contributed by atoms with Gasteiger partial charge >= 0.3 is 0 Å². The molecule has 0 saturated carbocycles. The van der Waals surface area contributed by atoms with E-state index in [1.807, 2.05) is 0 Å². The van der Waals surface area contributed by atoms with E-state index in [0.29, 0.717) is 26.1 Å². The van der Waals surface area contributed by atoms with Crippen molar-refractivity contribution in [1.82, 2.24) is 5.32 Å². The number of hydrogen-bond acceptors (Lipinski definition) is 3. The highest BCUT2D eigenvalue weighted by Gasteiger charge is 2.41. The Bertz CT molecular complexity index is 469. The smallest absolute Gasteiger partial charge is 0.126 e. The average molecular weight is 269 g/mol. The first-order chi connectivity index (χ1) is 9.04. The number of rotatable bonds is 2. The zero-order valence-electron chi connectivity index (χ0n) is 10.5. The molecule has 0 spiro atoms. The lowest BCUT2D eigenvalue weighted by atomic mass is 9.79. The molecule has 2 atom stereocenters. The third-order valence-electron chi connectivity index (χ3n) is 3.89.